The van der Waals surface area contributed by atoms with Gasteiger partial charge in [0.05, 0.1) is 20.3 Å². The van der Waals surface area contributed by atoms with E-state index in [-0.39, 0.29) is 17.5 Å². The lowest BCUT2D eigenvalue weighted by molar-refractivity contribution is 0.0299. The molecule has 1 N–H and O–H groups in total. The highest BCUT2D eigenvalue weighted by molar-refractivity contribution is 6.05. The summed E-state index contributed by atoms with van der Waals surface area (Å²) in [7, 11) is 1.56. The predicted molar refractivity (Wildman–Crippen MR) is 91.9 cm³/mol. The first kappa shape index (κ1) is 16.9. The smallest absolute Gasteiger partial charge is 0.272 e. The quantitative estimate of drug-likeness (QED) is 0.917. The number of methoxy groups -OCH3 is 1. The first-order valence-electron chi connectivity index (χ1n) is 7.96. The van der Waals surface area contributed by atoms with Gasteiger partial charge in [-0.15, -0.1) is 0 Å². The van der Waals surface area contributed by atoms with Gasteiger partial charge in [0.2, 0.25) is 0 Å². The number of nitrogens with one attached hydrogen (secondary N) is 1. The molecule has 1 aromatic carbocycles. The third-order valence-electron chi connectivity index (χ3n) is 3.87. The van der Waals surface area contributed by atoms with Crippen molar-refractivity contribution in [1.82, 2.24) is 9.88 Å². The van der Waals surface area contributed by atoms with E-state index in [1.54, 1.807) is 42.3 Å². The molecular weight excluding hydrogens is 322 g/mol. The van der Waals surface area contributed by atoms with E-state index in [0.717, 1.165) is 0 Å². The number of carbonyl (C=O) groups excluding carboxylic acids is 2. The van der Waals surface area contributed by atoms with Crippen LogP contribution in [0.25, 0.3) is 0 Å². The van der Waals surface area contributed by atoms with Gasteiger partial charge in [-0.05, 0) is 24.3 Å². The van der Waals surface area contributed by atoms with E-state index in [1.807, 2.05) is 0 Å². The summed E-state index contributed by atoms with van der Waals surface area (Å²) in [5, 5.41) is 2.79. The third kappa shape index (κ3) is 4.13. The second kappa shape index (κ2) is 7.76. The molecule has 0 atom stereocenters. The molecule has 2 aromatic rings. The molecule has 0 bridgehead atoms. The van der Waals surface area contributed by atoms with E-state index < -0.39 is 0 Å². The number of morpholine rings is 1. The average molecular weight is 341 g/mol. The van der Waals surface area contributed by atoms with Crippen LogP contribution in [0, 0.1) is 0 Å². The standard InChI is InChI=1S/C18H19N3O4/c1-24-15-4-2-3-14(12-15)20-17(22)13-5-6-19-16(11-13)18(23)21-7-9-25-10-8-21/h2-6,11-12H,7-10H2,1H3,(H,20,22). The van der Waals surface area contributed by atoms with Gasteiger partial charge in [-0.2, -0.15) is 0 Å². The van der Waals surface area contributed by atoms with Crippen molar-refractivity contribution in [3.63, 3.8) is 0 Å². The summed E-state index contributed by atoms with van der Waals surface area (Å²) in [5.41, 5.74) is 1.23. The van der Waals surface area contributed by atoms with E-state index in [1.165, 1.54) is 12.3 Å². The van der Waals surface area contributed by atoms with Crippen molar-refractivity contribution in [1.29, 1.82) is 0 Å². The van der Waals surface area contributed by atoms with Crippen LogP contribution in [0.4, 0.5) is 5.69 Å². The lowest BCUT2D eigenvalue weighted by Gasteiger charge is -2.26. The lowest BCUT2D eigenvalue weighted by atomic mass is 10.2. The number of hydrogen-bond donors (Lipinski definition) is 1. The van der Waals surface area contributed by atoms with Gasteiger partial charge >= 0.3 is 0 Å². The highest BCUT2D eigenvalue weighted by Crippen LogP contribution is 2.18. The third-order valence-corrected chi connectivity index (χ3v) is 3.87. The molecule has 0 radical (unpaired) electrons. The Balaban J connectivity index is 1.73. The number of anilines is 1. The zero-order valence-electron chi connectivity index (χ0n) is 13.9. The Morgan fingerprint density at radius 3 is 2.76 bits per heavy atom. The molecule has 1 aromatic heterocycles. The summed E-state index contributed by atoms with van der Waals surface area (Å²) >= 11 is 0. The van der Waals surface area contributed by atoms with Crippen molar-refractivity contribution in [2.24, 2.45) is 0 Å². The summed E-state index contributed by atoms with van der Waals surface area (Å²) in [5.74, 6) is 0.140. The maximum Gasteiger partial charge on any atom is 0.272 e. The molecule has 1 aliphatic heterocycles. The Kier molecular flexibility index (Phi) is 5.25. The predicted octanol–water partition coefficient (Wildman–Crippen LogP) is 1.81. The van der Waals surface area contributed by atoms with Crippen LogP contribution in [0.2, 0.25) is 0 Å². The minimum atomic E-state index is -0.313. The van der Waals surface area contributed by atoms with E-state index >= 15 is 0 Å². The number of aromatic nitrogens is 1. The number of hydrogen-bond acceptors (Lipinski definition) is 5. The first-order valence-corrected chi connectivity index (χ1v) is 7.96. The van der Waals surface area contributed by atoms with E-state index in [2.05, 4.69) is 10.3 Å². The maximum atomic E-state index is 12.5. The maximum absolute atomic E-state index is 12.5. The normalized spacial score (nSPS) is 14.0. The number of benzene rings is 1. The summed E-state index contributed by atoms with van der Waals surface area (Å²) in [6.07, 6.45) is 1.47. The molecule has 3 rings (SSSR count). The number of ether oxygens (including phenoxy) is 2. The van der Waals surface area contributed by atoms with Gasteiger partial charge in [0.1, 0.15) is 11.4 Å². The molecule has 1 fully saturated rings. The van der Waals surface area contributed by atoms with Gasteiger partial charge in [0, 0.05) is 36.6 Å². The molecule has 0 saturated carbocycles. The minimum Gasteiger partial charge on any atom is -0.497 e. The Hall–Kier alpha value is -2.93. The molecule has 2 heterocycles. The van der Waals surface area contributed by atoms with Crippen molar-refractivity contribution in [3.8, 4) is 5.75 Å². The molecule has 130 valence electrons. The van der Waals surface area contributed by atoms with Crippen LogP contribution >= 0.6 is 0 Å². The average Bonchev–Trinajstić information content (AvgIpc) is 2.68. The molecule has 1 aliphatic rings. The zero-order chi connectivity index (χ0) is 17.6. The lowest BCUT2D eigenvalue weighted by Crippen LogP contribution is -2.41. The topological polar surface area (TPSA) is 80.8 Å². The van der Waals surface area contributed by atoms with E-state index in [0.29, 0.717) is 43.3 Å². The summed E-state index contributed by atoms with van der Waals surface area (Å²) in [4.78, 5) is 30.7. The molecule has 1 saturated heterocycles. The van der Waals surface area contributed by atoms with Crippen LogP contribution in [0.15, 0.2) is 42.6 Å². The van der Waals surface area contributed by atoms with Gasteiger partial charge in [0.15, 0.2) is 0 Å². The SMILES string of the molecule is COc1cccc(NC(=O)c2ccnc(C(=O)N3CCOCC3)c2)c1. The fourth-order valence-electron chi connectivity index (χ4n) is 2.52. The van der Waals surface area contributed by atoms with Gasteiger partial charge < -0.3 is 19.7 Å². The van der Waals surface area contributed by atoms with E-state index in [4.69, 9.17) is 9.47 Å². The molecule has 0 aliphatic carbocycles. The fourth-order valence-corrected chi connectivity index (χ4v) is 2.52. The van der Waals surface area contributed by atoms with Crippen LogP contribution in [0.5, 0.6) is 5.75 Å². The molecule has 0 unspecified atom stereocenters. The van der Waals surface area contributed by atoms with Crippen LogP contribution < -0.4 is 10.1 Å². The highest BCUT2D eigenvalue weighted by atomic mass is 16.5. The van der Waals surface area contributed by atoms with Crippen molar-refractivity contribution in [2.45, 2.75) is 0 Å². The van der Waals surface area contributed by atoms with Crippen molar-refractivity contribution in [3.05, 3.63) is 53.9 Å². The Labute approximate surface area is 145 Å². The minimum absolute atomic E-state index is 0.195. The molecule has 25 heavy (non-hydrogen) atoms. The Morgan fingerprint density at radius 2 is 2.00 bits per heavy atom. The second-order valence-electron chi connectivity index (χ2n) is 5.52. The number of nitrogens with zero attached hydrogens (tertiary/aromatic N) is 2. The number of carbonyl (C=O) groups is 2. The summed E-state index contributed by atoms with van der Waals surface area (Å²) in [6.45, 7) is 2.09. The van der Waals surface area contributed by atoms with Gasteiger partial charge in [0.25, 0.3) is 11.8 Å². The number of rotatable bonds is 4. The summed E-state index contributed by atoms with van der Waals surface area (Å²) in [6, 6.07) is 10.1. The van der Waals surface area contributed by atoms with Crippen LogP contribution in [-0.4, -0.2) is 55.1 Å². The molecule has 7 heteroatoms. The highest BCUT2D eigenvalue weighted by Gasteiger charge is 2.20. The Bertz CT molecular complexity index is 772. The molecule has 2 amide bonds. The van der Waals surface area contributed by atoms with Crippen molar-refractivity contribution >= 4 is 17.5 Å². The number of amides is 2. The van der Waals surface area contributed by atoms with E-state index in [9.17, 15) is 9.59 Å². The van der Waals surface area contributed by atoms with Crippen LogP contribution in [0.3, 0.4) is 0 Å². The Morgan fingerprint density at radius 1 is 1.20 bits per heavy atom. The second-order valence-corrected chi connectivity index (χ2v) is 5.52. The molecule has 0 spiro atoms. The number of pyridine rings is 1. The fraction of sp³-hybridized carbons (Fsp3) is 0.278. The van der Waals surface area contributed by atoms with Crippen LogP contribution in [-0.2, 0) is 4.74 Å². The van der Waals surface area contributed by atoms with Gasteiger partial charge in [-0.3, -0.25) is 14.6 Å². The molecular formula is C18H19N3O4. The van der Waals surface area contributed by atoms with Crippen molar-refractivity contribution in [2.75, 3.05) is 38.7 Å². The van der Waals surface area contributed by atoms with Gasteiger partial charge in [-0.1, -0.05) is 6.07 Å². The molecule has 7 nitrogen and oxygen atoms in total. The largest absolute Gasteiger partial charge is 0.497 e. The monoisotopic (exact) mass is 341 g/mol. The van der Waals surface area contributed by atoms with Gasteiger partial charge in [-0.25, -0.2) is 0 Å². The summed E-state index contributed by atoms with van der Waals surface area (Å²) < 4.78 is 10.4. The van der Waals surface area contributed by atoms with Crippen LogP contribution in [0.1, 0.15) is 20.8 Å². The van der Waals surface area contributed by atoms with Crippen molar-refractivity contribution < 1.29 is 19.1 Å². The zero-order valence-corrected chi connectivity index (χ0v) is 13.9. The first-order chi connectivity index (χ1) is 12.2.